The predicted molar refractivity (Wildman–Crippen MR) is 150 cm³/mol. The maximum absolute atomic E-state index is 13.9. The molecule has 12 heteroatoms. The number of rotatable bonds is 9. The molecular weight excluding hydrogens is 561 g/mol. The van der Waals surface area contributed by atoms with Crippen LogP contribution in [0.2, 0.25) is 5.02 Å². The minimum absolute atomic E-state index is 0.0362. The lowest BCUT2D eigenvalue weighted by Crippen LogP contribution is -2.30. The molecule has 0 saturated carbocycles. The third-order valence-electron chi connectivity index (χ3n) is 6.63. The summed E-state index contributed by atoms with van der Waals surface area (Å²) in [4.78, 5) is 36.4. The average Bonchev–Trinajstić information content (AvgIpc) is 3.36. The van der Waals surface area contributed by atoms with Gasteiger partial charge in [-0.2, -0.15) is 13.2 Å². The number of aromatic nitrogens is 1. The van der Waals surface area contributed by atoms with Crippen molar-refractivity contribution >= 4 is 35.3 Å². The van der Waals surface area contributed by atoms with E-state index in [1.165, 1.54) is 37.4 Å². The molecule has 1 aliphatic heterocycles. The molecule has 4 rings (SSSR count). The topological polar surface area (TPSA) is 84.3 Å². The number of hydrogen-bond donors (Lipinski definition) is 0. The summed E-state index contributed by atoms with van der Waals surface area (Å²) in [5, 5.41) is 0.126. The molecule has 0 atom stereocenters. The highest BCUT2D eigenvalue weighted by molar-refractivity contribution is 6.34. The molecule has 0 unspecified atom stereocenters. The number of amides is 2. The maximum atomic E-state index is 13.9. The standard InChI is InChI=1S/C29H28ClF3N4O4/c1-34-16-18-13-26(29(31,32)33)35-17-21(18)19-14-20(28(39)36(2)23-7-4-5-8-24(23)40-3)25(15-22(19)30)41-12-11-37-10-6-9-27(37)38/h4-5,7-8,13-17H,6,9-12H2,1-3H3. The number of ether oxygens (including phenoxy) is 2. The molecule has 8 nitrogen and oxygen atoms in total. The zero-order chi connectivity index (χ0) is 29.7. The fraction of sp³-hybridized carbons (Fsp3) is 0.310. The second kappa shape index (κ2) is 12.6. The molecule has 2 heterocycles. The van der Waals surface area contributed by atoms with Crippen LogP contribution >= 0.6 is 11.6 Å². The van der Waals surface area contributed by atoms with Crippen LogP contribution < -0.4 is 14.4 Å². The van der Waals surface area contributed by atoms with Crippen LogP contribution in [0.15, 0.2) is 53.7 Å². The number of likely N-dealkylation sites (tertiary alicyclic amines) is 1. The Balaban J connectivity index is 1.79. The second-order valence-electron chi connectivity index (χ2n) is 9.24. The summed E-state index contributed by atoms with van der Waals surface area (Å²) in [6, 6.07) is 10.7. The zero-order valence-corrected chi connectivity index (χ0v) is 23.4. The number of carbonyl (C=O) groups is 2. The van der Waals surface area contributed by atoms with Gasteiger partial charge in [0.05, 0.1) is 29.9 Å². The van der Waals surface area contributed by atoms with Crippen molar-refractivity contribution in [3.05, 3.63) is 70.5 Å². The highest BCUT2D eigenvalue weighted by Crippen LogP contribution is 2.38. The third-order valence-corrected chi connectivity index (χ3v) is 6.94. The van der Waals surface area contributed by atoms with Crippen LogP contribution in [-0.4, -0.2) is 68.8 Å². The summed E-state index contributed by atoms with van der Waals surface area (Å²) in [7, 11) is 4.48. The van der Waals surface area contributed by atoms with Crippen LogP contribution in [0.25, 0.3) is 11.1 Å². The normalized spacial score (nSPS) is 13.6. The van der Waals surface area contributed by atoms with Crippen molar-refractivity contribution in [3.63, 3.8) is 0 Å². The molecule has 0 radical (unpaired) electrons. The lowest BCUT2D eigenvalue weighted by Gasteiger charge is -2.23. The van der Waals surface area contributed by atoms with Crippen LogP contribution in [-0.2, 0) is 11.0 Å². The third kappa shape index (κ3) is 6.62. The Labute approximate surface area is 240 Å². The van der Waals surface area contributed by atoms with Gasteiger partial charge in [-0.05, 0) is 30.7 Å². The van der Waals surface area contributed by atoms with Gasteiger partial charge in [-0.25, -0.2) is 0 Å². The molecule has 3 aromatic rings. The van der Waals surface area contributed by atoms with Gasteiger partial charge in [0.2, 0.25) is 5.91 Å². The van der Waals surface area contributed by atoms with E-state index >= 15 is 0 Å². The lowest BCUT2D eigenvalue weighted by atomic mass is 9.98. The van der Waals surface area contributed by atoms with E-state index < -0.39 is 17.8 Å². The van der Waals surface area contributed by atoms with Gasteiger partial charge < -0.3 is 19.3 Å². The summed E-state index contributed by atoms with van der Waals surface area (Å²) in [5.41, 5.74) is 0.133. The van der Waals surface area contributed by atoms with Gasteiger partial charge in [0, 0.05) is 62.2 Å². The van der Waals surface area contributed by atoms with Gasteiger partial charge in [0.1, 0.15) is 23.8 Å². The average molecular weight is 589 g/mol. The Kier molecular flexibility index (Phi) is 9.17. The number of pyridine rings is 1. The van der Waals surface area contributed by atoms with Gasteiger partial charge >= 0.3 is 6.18 Å². The van der Waals surface area contributed by atoms with Crippen molar-refractivity contribution in [3.8, 4) is 22.6 Å². The van der Waals surface area contributed by atoms with Gasteiger partial charge in [0.25, 0.3) is 5.91 Å². The van der Waals surface area contributed by atoms with Crippen LogP contribution in [0.5, 0.6) is 11.5 Å². The number of aliphatic imine (C=N–C) groups is 1. The van der Waals surface area contributed by atoms with Gasteiger partial charge in [0.15, 0.2) is 0 Å². The van der Waals surface area contributed by atoms with E-state index in [0.717, 1.165) is 18.7 Å². The van der Waals surface area contributed by atoms with E-state index in [9.17, 15) is 22.8 Å². The number of carbonyl (C=O) groups excluding carboxylic acids is 2. The summed E-state index contributed by atoms with van der Waals surface area (Å²) < 4.78 is 51.5. The quantitative estimate of drug-likeness (QED) is 0.297. The van der Waals surface area contributed by atoms with E-state index in [-0.39, 0.29) is 45.5 Å². The summed E-state index contributed by atoms with van der Waals surface area (Å²) in [6.45, 7) is 1.07. The Hall–Kier alpha value is -4.12. The largest absolute Gasteiger partial charge is 0.495 e. The first-order valence-electron chi connectivity index (χ1n) is 12.7. The first-order valence-corrected chi connectivity index (χ1v) is 13.1. The number of halogens is 4. The van der Waals surface area contributed by atoms with Crippen LogP contribution in [0, 0.1) is 0 Å². The maximum Gasteiger partial charge on any atom is 0.433 e. The zero-order valence-electron chi connectivity index (χ0n) is 22.7. The Morgan fingerprint density at radius 1 is 1.20 bits per heavy atom. The van der Waals surface area contributed by atoms with Crippen molar-refractivity contribution in [2.24, 2.45) is 4.99 Å². The van der Waals surface area contributed by atoms with Crippen molar-refractivity contribution in [2.75, 3.05) is 45.8 Å². The van der Waals surface area contributed by atoms with Crippen LogP contribution in [0.3, 0.4) is 0 Å². The van der Waals surface area contributed by atoms with Crippen molar-refractivity contribution in [1.82, 2.24) is 9.88 Å². The first-order chi connectivity index (χ1) is 19.5. The molecule has 1 fully saturated rings. The molecule has 1 aliphatic rings. The number of nitrogens with zero attached hydrogens (tertiary/aromatic N) is 4. The number of methoxy groups -OCH3 is 1. The minimum Gasteiger partial charge on any atom is -0.495 e. The van der Waals surface area contributed by atoms with Crippen molar-refractivity contribution in [2.45, 2.75) is 19.0 Å². The Bertz CT molecular complexity index is 1480. The molecule has 0 bridgehead atoms. The smallest absolute Gasteiger partial charge is 0.433 e. The number of hydrogen-bond acceptors (Lipinski definition) is 6. The van der Waals surface area contributed by atoms with Gasteiger partial charge in [-0.15, -0.1) is 0 Å². The van der Waals surface area contributed by atoms with Crippen LogP contribution in [0.4, 0.5) is 18.9 Å². The minimum atomic E-state index is -4.66. The van der Waals surface area contributed by atoms with Gasteiger partial charge in [-0.1, -0.05) is 23.7 Å². The van der Waals surface area contributed by atoms with Crippen molar-refractivity contribution < 1.29 is 32.2 Å². The summed E-state index contributed by atoms with van der Waals surface area (Å²) in [5.74, 6) is 0.169. The molecule has 1 aromatic heterocycles. The van der Waals surface area contributed by atoms with Crippen LogP contribution in [0.1, 0.15) is 34.5 Å². The van der Waals surface area contributed by atoms with Crippen molar-refractivity contribution in [1.29, 1.82) is 0 Å². The van der Waals surface area contributed by atoms with E-state index in [0.29, 0.717) is 30.9 Å². The molecule has 2 aromatic carbocycles. The molecular formula is C29H28ClF3N4O4. The monoisotopic (exact) mass is 588 g/mol. The highest BCUT2D eigenvalue weighted by atomic mass is 35.5. The molecule has 41 heavy (non-hydrogen) atoms. The number of para-hydroxylation sites is 2. The van der Waals surface area contributed by atoms with E-state index in [4.69, 9.17) is 21.1 Å². The predicted octanol–water partition coefficient (Wildman–Crippen LogP) is 5.76. The lowest BCUT2D eigenvalue weighted by molar-refractivity contribution is -0.141. The highest BCUT2D eigenvalue weighted by Gasteiger charge is 2.33. The van der Waals surface area contributed by atoms with E-state index in [1.54, 1.807) is 36.2 Å². The number of alkyl halides is 3. The molecule has 1 saturated heterocycles. The fourth-order valence-electron chi connectivity index (χ4n) is 4.55. The molecule has 0 N–H and O–H groups in total. The summed E-state index contributed by atoms with van der Waals surface area (Å²) >= 11 is 6.63. The molecule has 0 aliphatic carbocycles. The van der Waals surface area contributed by atoms with E-state index in [2.05, 4.69) is 9.98 Å². The summed E-state index contributed by atoms with van der Waals surface area (Å²) in [6.07, 6.45) is -1.08. The Morgan fingerprint density at radius 2 is 1.95 bits per heavy atom. The Morgan fingerprint density at radius 3 is 2.61 bits per heavy atom. The van der Waals surface area contributed by atoms with E-state index in [1.807, 2.05) is 0 Å². The molecule has 216 valence electrons. The first kappa shape index (κ1) is 29.9. The number of anilines is 1. The van der Waals surface area contributed by atoms with Gasteiger partial charge in [-0.3, -0.25) is 19.6 Å². The molecule has 2 amide bonds. The fourth-order valence-corrected chi connectivity index (χ4v) is 4.80. The number of benzene rings is 2. The molecule has 0 spiro atoms. The second-order valence-corrected chi connectivity index (χ2v) is 9.65. The SMILES string of the molecule is CN=Cc1cc(C(F)(F)F)ncc1-c1cc(C(=O)N(C)c2ccccc2OC)c(OCCN2CCCC2=O)cc1Cl.